The van der Waals surface area contributed by atoms with Gasteiger partial charge in [-0.05, 0) is 12.1 Å². The van der Waals surface area contributed by atoms with Crippen LogP contribution in [0.2, 0.25) is 0 Å². The standard InChI is InChI=1S/C9H8O4/c1-13-9(12)7-5-3-2-4-6(7)8(10)11/h2-5H,1H3,(H,10,11)/i4D. The molecule has 13 heavy (non-hydrogen) atoms. The van der Waals surface area contributed by atoms with Crippen molar-refractivity contribution < 1.29 is 20.8 Å². The summed E-state index contributed by atoms with van der Waals surface area (Å²) in [6.45, 7) is 0. The Kier molecular flexibility index (Phi) is 2.22. The number of carboxylic acid groups (broad SMARTS) is 1. The molecule has 0 aliphatic rings. The summed E-state index contributed by atoms with van der Waals surface area (Å²) in [6, 6.07) is 3.84. The molecule has 0 saturated carbocycles. The third kappa shape index (κ3) is 1.84. The van der Waals surface area contributed by atoms with Crippen LogP contribution in [0.25, 0.3) is 0 Å². The lowest BCUT2D eigenvalue weighted by atomic mass is 10.1. The van der Waals surface area contributed by atoms with Crippen LogP contribution in [0.5, 0.6) is 0 Å². The summed E-state index contributed by atoms with van der Waals surface area (Å²) < 4.78 is 11.7. The summed E-state index contributed by atoms with van der Waals surface area (Å²) in [7, 11) is 1.16. The van der Waals surface area contributed by atoms with Gasteiger partial charge in [-0.25, -0.2) is 9.59 Å². The number of methoxy groups -OCH3 is 1. The average Bonchev–Trinajstić information content (AvgIpc) is 2.15. The first kappa shape index (κ1) is 7.79. The summed E-state index contributed by atoms with van der Waals surface area (Å²) in [4.78, 5) is 21.9. The van der Waals surface area contributed by atoms with Crippen molar-refractivity contribution in [3.05, 3.63) is 35.4 Å². The van der Waals surface area contributed by atoms with Gasteiger partial charge in [0.15, 0.2) is 0 Å². The zero-order chi connectivity index (χ0) is 10.7. The molecule has 0 amide bonds. The molecule has 1 aromatic rings. The van der Waals surface area contributed by atoms with Crippen LogP contribution in [0, 0.1) is 0 Å². The number of hydrogen-bond donors (Lipinski definition) is 1. The maximum atomic E-state index is 11.1. The molecule has 4 heteroatoms. The molecule has 0 heterocycles. The van der Waals surface area contributed by atoms with Crippen LogP contribution in [0.15, 0.2) is 24.2 Å². The Labute approximate surface area is 76.2 Å². The van der Waals surface area contributed by atoms with E-state index >= 15 is 0 Å². The van der Waals surface area contributed by atoms with E-state index in [9.17, 15) is 9.59 Å². The Morgan fingerprint density at radius 1 is 1.46 bits per heavy atom. The molecule has 0 bridgehead atoms. The molecule has 0 spiro atoms. The van der Waals surface area contributed by atoms with Gasteiger partial charge in [-0.15, -0.1) is 0 Å². The SMILES string of the molecule is [2H]c1cccc(C(=O)OC)c1C(=O)O. The van der Waals surface area contributed by atoms with Gasteiger partial charge in [0.2, 0.25) is 0 Å². The number of hydrogen-bond acceptors (Lipinski definition) is 3. The van der Waals surface area contributed by atoms with E-state index in [1.807, 2.05) is 0 Å². The van der Waals surface area contributed by atoms with Crippen molar-refractivity contribution >= 4 is 11.9 Å². The number of aromatic carboxylic acids is 1. The lowest BCUT2D eigenvalue weighted by Crippen LogP contribution is -2.09. The van der Waals surface area contributed by atoms with E-state index < -0.39 is 11.9 Å². The number of carboxylic acids is 1. The van der Waals surface area contributed by atoms with Crippen LogP contribution in [-0.4, -0.2) is 24.2 Å². The highest BCUT2D eigenvalue weighted by molar-refractivity contribution is 6.02. The third-order valence-corrected chi connectivity index (χ3v) is 1.48. The summed E-state index contributed by atoms with van der Waals surface area (Å²) in [5.74, 6) is -2.06. The smallest absolute Gasteiger partial charge is 0.338 e. The van der Waals surface area contributed by atoms with E-state index in [1.165, 1.54) is 18.2 Å². The zero-order valence-corrected chi connectivity index (χ0v) is 6.90. The lowest BCUT2D eigenvalue weighted by Gasteiger charge is -2.02. The summed E-state index contributed by atoms with van der Waals surface area (Å²) in [5.41, 5.74) is -0.438. The minimum absolute atomic E-state index is 0.104. The Balaban J connectivity index is 3.35. The molecule has 0 aliphatic heterocycles. The van der Waals surface area contributed by atoms with Crippen molar-refractivity contribution in [2.75, 3.05) is 7.11 Å². The predicted octanol–water partition coefficient (Wildman–Crippen LogP) is 1.17. The zero-order valence-electron chi connectivity index (χ0n) is 7.90. The summed E-state index contributed by atoms with van der Waals surface area (Å²) in [6.07, 6.45) is 0. The lowest BCUT2D eigenvalue weighted by molar-refractivity contribution is 0.0582. The molecule has 4 nitrogen and oxygen atoms in total. The van der Waals surface area contributed by atoms with Gasteiger partial charge in [-0.2, -0.15) is 0 Å². The molecule has 1 aromatic carbocycles. The minimum Gasteiger partial charge on any atom is -0.478 e. The van der Waals surface area contributed by atoms with Crippen molar-refractivity contribution in [2.24, 2.45) is 0 Å². The number of ether oxygens (including phenoxy) is 1. The number of esters is 1. The Morgan fingerprint density at radius 2 is 2.15 bits per heavy atom. The second-order valence-corrected chi connectivity index (χ2v) is 2.26. The maximum absolute atomic E-state index is 11.1. The van der Waals surface area contributed by atoms with Gasteiger partial charge in [0.05, 0.1) is 19.6 Å². The molecule has 0 fully saturated rings. The molecule has 68 valence electrons. The van der Waals surface area contributed by atoms with Gasteiger partial charge < -0.3 is 9.84 Å². The number of carbonyl (C=O) groups is 2. The van der Waals surface area contributed by atoms with Gasteiger partial charge in [-0.3, -0.25) is 0 Å². The molecular formula is C9H8O4. The molecule has 0 aliphatic carbocycles. The van der Waals surface area contributed by atoms with Crippen LogP contribution < -0.4 is 0 Å². The molecule has 0 atom stereocenters. The average molecular weight is 181 g/mol. The van der Waals surface area contributed by atoms with Crippen LogP contribution in [-0.2, 0) is 4.74 Å². The van der Waals surface area contributed by atoms with E-state index in [-0.39, 0.29) is 17.2 Å². The van der Waals surface area contributed by atoms with Crippen LogP contribution in [0.3, 0.4) is 0 Å². The second-order valence-electron chi connectivity index (χ2n) is 2.26. The van der Waals surface area contributed by atoms with E-state index in [0.29, 0.717) is 0 Å². The highest BCUT2D eigenvalue weighted by Gasteiger charge is 2.15. The largest absolute Gasteiger partial charge is 0.478 e. The molecule has 0 saturated heterocycles. The van der Waals surface area contributed by atoms with E-state index in [1.54, 1.807) is 0 Å². The maximum Gasteiger partial charge on any atom is 0.338 e. The summed E-state index contributed by atoms with van der Waals surface area (Å²) >= 11 is 0. The van der Waals surface area contributed by atoms with Gasteiger partial charge in [0, 0.05) is 0 Å². The van der Waals surface area contributed by atoms with Gasteiger partial charge in [0.1, 0.15) is 0 Å². The number of rotatable bonds is 2. The second kappa shape index (κ2) is 3.71. The van der Waals surface area contributed by atoms with Crippen LogP contribution >= 0.6 is 0 Å². The minimum atomic E-state index is -1.31. The topological polar surface area (TPSA) is 63.6 Å². The highest BCUT2D eigenvalue weighted by Crippen LogP contribution is 2.09. The highest BCUT2D eigenvalue weighted by atomic mass is 16.5. The molecular weight excluding hydrogens is 172 g/mol. The quantitative estimate of drug-likeness (QED) is 0.695. The fourth-order valence-corrected chi connectivity index (χ4v) is 0.894. The predicted molar refractivity (Wildman–Crippen MR) is 44.7 cm³/mol. The van der Waals surface area contributed by atoms with Crippen LogP contribution in [0.4, 0.5) is 0 Å². The van der Waals surface area contributed by atoms with Crippen molar-refractivity contribution in [1.82, 2.24) is 0 Å². The molecule has 0 aromatic heterocycles. The van der Waals surface area contributed by atoms with Crippen molar-refractivity contribution in [3.63, 3.8) is 0 Å². The molecule has 1 N–H and O–H groups in total. The van der Waals surface area contributed by atoms with Gasteiger partial charge >= 0.3 is 11.9 Å². The molecule has 0 unspecified atom stereocenters. The first-order valence-corrected chi connectivity index (χ1v) is 3.49. The Bertz CT molecular complexity index is 386. The van der Waals surface area contributed by atoms with Gasteiger partial charge in [-0.1, -0.05) is 12.1 Å². The van der Waals surface area contributed by atoms with Crippen molar-refractivity contribution in [1.29, 1.82) is 0 Å². The molecule has 1 rings (SSSR count). The Morgan fingerprint density at radius 3 is 2.69 bits per heavy atom. The fourth-order valence-electron chi connectivity index (χ4n) is 0.894. The molecule has 0 radical (unpaired) electrons. The van der Waals surface area contributed by atoms with Crippen LogP contribution in [0.1, 0.15) is 22.1 Å². The first-order chi connectivity index (χ1) is 6.57. The van der Waals surface area contributed by atoms with Crippen molar-refractivity contribution in [2.45, 2.75) is 0 Å². The van der Waals surface area contributed by atoms with E-state index in [2.05, 4.69) is 4.74 Å². The number of benzene rings is 1. The monoisotopic (exact) mass is 181 g/mol. The number of carbonyl (C=O) groups excluding carboxylic acids is 1. The van der Waals surface area contributed by atoms with E-state index in [0.717, 1.165) is 7.11 Å². The van der Waals surface area contributed by atoms with Gasteiger partial charge in [0.25, 0.3) is 0 Å². The Hall–Kier alpha value is -1.84. The first-order valence-electron chi connectivity index (χ1n) is 3.99. The van der Waals surface area contributed by atoms with Crippen molar-refractivity contribution in [3.8, 4) is 0 Å². The normalized spacial score (nSPS) is 10.4. The third-order valence-electron chi connectivity index (χ3n) is 1.48. The summed E-state index contributed by atoms with van der Waals surface area (Å²) in [5, 5.41) is 8.76. The fraction of sp³-hybridized carbons (Fsp3) is 0.111. The van der Waals surface area contributed by atoms with E-state index in [4.69, 9.17) is 6.48 Å².